The first kappa shape index (κ1) is 16.7. The van der Waals surface area contributed by atoms with Gasteiger partial charge in [-0.1, -0.05) is 23.8 Å². The van der Waals surface area contributed by atoms with Gasteiger partial charge in [-0.25, -0.2) is 0 Å². The number of ether oxygens (including phenoxy) is 1. The summed E-state index contributed by atoms with van der Waals surface area (Å²) in [5.41, 5.74) is 7.18. The number of anilines is 1. The van der Waals surface area contributed by atoms with Crippen molar-refractivity contribution in [1.82, 2.24) is 0 Å². The van der Waals surface area contributed by atoms with Crippen molar-refractivity contribution in [3.05, 3.63) is 28.8 Å². The van der Waals surface area contributed by atoms with Crippen LogP contribution in [0.5, 0.6) is 0 Å². The highest BCUT2D eigenvalue weighted by atomic mass is 35.5. The monoisotopic (exact) mass is 314 g/mol. The van der Waals surface area contributed by atoms with Gasteiger partial charge in [0.25, 0.3) is 0 Å². The number of nitrogens with zero attached hydrogens (tertiary/aromatic N) is 1. The fourth-order valence-electron chi connectivity index (χ4n) is 1.84. The highest BCUT2D eigenvalue weighted by Gasteiger charge is 2.19. The minimum Gasteiger partial charge on any atom is -0.465 e. The minimum absolute atomic E-state index is 0.0750. The standard InChI is InChI=1S/C14H19ClN2O2S/c1-4-19-13(18)8-17(9(2)3)12-7-10(15)5-6-11(12)14(16)20/h5-7,9H,4,8H2,1-3H3,(H2,16,20). The predicted molar refractivity (Wildman–Crippen MR) is 86.5 cm³/mol. The summed E-state index contributed by atoms with van der Waals surface area (Å²) in [7, 11) is 0. The first-order chi connectivity index (χ1) is 9.36. The molecule has 0 bridgehead atoms. The Balaban J connectivity index is 3.17. The first-order valence-corrected chi connectivity index (χ1v) is 7.17. The van der Waals surface area contributed by atoms with Gasteiger partial charge in [0, 0.05) is 22.3 Å². The van der Waals surface area contributed by atoms with E-state index in [1.54, 1.807) is 25.1 Å². The molecule has 1 aromatic rings. The van der Waals surface area contributed by atoms with Crippen LogP contribution in [0.2, 0.25) is 5.02 Å². The zero-order valence-electron chi connectivity index (χ0n) is 11.9. The molecule has 0 aromatic heterocycles. The lowest BCUT2D eigenvalue weighted by atomic mass is 10.1. The van der Waals surface area contributed by atoms with E-state index in [4.69, 9.17) is 34.3 Å². The molecule has 0 fully saturated rings. The number of nitrogens with two attached hydrogens (primary N) is 1. The maximum absolute atomic E-state index is 11.7. The Morgan fingerprint density at radius 1 is 1.50 bits per heavy atom. The zero-order valence-corrected chi connectivity index (χ0v) is 13.4. The topological polar surface area (TPSA) is 55.6 Å². The maximum atomic E-state index is 11.7. The summed E-state index contributed by atoms with van der Waals surface area (Å²) in [5, 5.41) is 0.564. The van der Waals surface area contributed by atoms with Gasteiger partial charge in [-0.15, -0.1) is 0 Å². The molecule has 0 saturated carbocycles. The van der Waals surface area contributed by atoms with E-state index in [1.165, 1.54) is 0 Å². The third kappa shape index (κ3) is 4.35. The molecule has 0 atom stereocenters. The molecule has 6 heteroatoms. The van der Waals surface area contributed by atoms with Crippen LogP contribution in [-0.4, -0.2) is 30.2 Å². The smallest absolute Gasteiger partial charge is 0.325 e. The lowest BCUT2D eigenvalue weighted by Crippen LogP contribution is -2.37. The fourth-order valence-corrected chi connectivity index (χ4v) is 2.18. The van der Waals surface area contributed by atoms with Gasteiger partial charge in [0.2, 0.25) is 0 Å². The number of hydrogen-bond donors (Lipinski definition) is 1. The van der Waals surface area contributed by atoms with E-state index in [2.05, 4.69) is 0 Å². The van der Waals surface area contributed by atoms with Crippen LogP contribution in [-0.2, 0) is 9.53 Å². The predicted octanol–water partition coefficient (Wildman–Crippen LogP) is 2.75. The summed E-state index contributed by atoms with van der Waals surface area (Å²) in [5.74, 6) is -0.296. The number of esters is 1. The summed E-state index contributed by atoms with van der Waals surface area (Å²) >= 11 is 11.1. The fraction of sp³-hybridized carbons (Fsp3) is 0.429. The Bertz CT molecular complexity index is 506. The van der Waals surface area contributed by atoms with Crippen molar-refractivity contribution in [3.63, 3.8) is 0 Å². The van der Waals surface area contributed by atoms with Crippen molar-refractivity contribution in [2.24, 2.45) is 5.73 Å². The van der Waals surface area contributed by atoms with Gasteiger partial charge in [-0.3, -0.25) is 4.79 Å². The van der Waals surface area contributed by atoms with Gasteiger partial charge in [-0.05, 0) is 39.0 Å². The molecule has 110 valence electrons. The normalized spacial score (nSPS) is 10.4. The second-order valence-corrected chi connectivity index (χ2v) is 5.43. The molecule has 0 saturated heterocycles. The molecule has 20 heavy (non-hydrogen) atoms. The van der Waals surface area contributed by atoms with Crippen molar-refractivity contribution < 1.29 is 9.53 Å². The quantitative estimate of drug-likeness (QED) is 0.646. The molecule has 0 amide bonds. The van der Waals surface area contributed by atoms with Crippen LogP contribution >= 0.6 is 23.8 Å². The van der Waals surface area contributed by atoms with E-state index >= 15 is 0 Å². The third-order valence-electron chi connectivity index (χ3n) is 2.76. The van der Waals surface area contributed by atoms with E-state index in [0.29, 0.717) is 17.2 Å². The average Bonchev–Trinajstić information content (AvgIpc) is 2.35. The van der Waals surface area contributed by atoms with Gasteiger partial charge in [0.1, 0.15) is 11.5 Å². The molecule has 4 nitrogen and oxygen atoms in total. The molecule has 2 N–H and O–H groups in total. The molecule has 1 rings (SSSR count). The summed E-state index contributed by atoms with van der Waals surface area (Å²) in [4.78, 5) is 13.9. The van der Waals surface area contributed by atoms with Crippen LogP contribution in [0.3, 0.4) is 0 Å². The Morgan fingerprint density at radius 2 is 2.15 bits per heavy atom. The molecule has 0 aliphatic heterocycles. The van der Waals surface area contributed by atoms with E-state index in [1.807, 2.05) is 18.7 Å². The third-order valence-corrected chi connectivity index (χ3v) is 3.22. The summed E-state index contributed by atoms with van der Waals surface area (Å²) in [6.45, 7) is 6.20. The SMILES string of the molecule is CCOC(=O)CN(c1cc(Cl)ccc1C(N)=S)C(C)C. The van der Waals surface area contributed by atoms with E-state index in [9.17, 15) is 4.79 Å². The van der Waals surface area contributed by atoms with Crippen LogP contribution in [0, 0.1) is 0 Å². The summed E-state index contributed by atoms with van der Waals surface area (Å²) in [6, 6.07) is 5.32. The highest BCUT2D eigenvalue weighted by Crippen LogP contribution is 2.26. The van der Waals surface area contributed by atoms with E-state index < -0.39 is 0 Å². The van der Waals surface area contributed by atoms with Crippen LogP contribution in [0.4, 0.5) is 5.69 Å². The van der Waals surface area contributed by atoms with E-state index in [-0.39, 0.29) is 23.5 Å². The first-order valence-electron chi connectivity index (χ1n) is 6.38. The Labute approximate surface area is 129 Å². The second kappa shape index (κ2) is 7.45. The van der Waals surface area contributed by atoms with Crippen LogP contribution in [0.1, 0.15) is 26.3 Å². The van der Waals surface area contributed by atoms with Gasteiger partial charge in [0.15, 0.2) is 0 Å². The van der Waals surface area contributed by atoms with Crippen LogP contribution in [0.15, 0.2) is 18.2 Å². The van der Waals surface area contributed by atoms with E-state index in [0.717, 1.165) is 5.69 Å². The van der Waals surface area contributed by atoms with Crippen LogP contribution in [0.25, 0.3) is 0 Å². The Hall–Kier alpha value is -1.33. The van der Waals surface area contributed by atoms with Crippen LogP contribution < -0.4 is 10.6 Å². The largest absolute Gasteiger partial charge is 0.465 e. The lowest BCUT2D eigenvalue weighted by Gasteiger charge is -2.30. The maximum Gasteiger partial charge on any atom is 0.325 e. The Morgan fingerprint density at radius 3 is 2.65 bits per heavy atom. The van der Waals surface area contributed by atoms with Crippen molar-refractivity contribution in [1.29, 1.82) is 0 Å². The summed E-state index contributed by atoms with van der Waals surface area (Å²) < 4.78 is 5.00. The minimum atomic E-state index is -0.296. The average molecular weight is 315 g/mol. The highest BCUT2D eigenvalue weighted by molar-refractivity contribution is 7.80. The lowest BCUT2D eigenvalue weighted by molar-refractivity contribution is -0.141. The van der Waals surface area contributed by atoms with Crippen molar-refractivity contribution in [2.45, 2.75) is 26.8 Å². The molecule has 0 heterocycles. The number of carbonyl (C=O) groups excluding carboxylic acids is 1. The molecule has 0 spiro atoms. The number of carbonyl (C=O) groups is 1. The van der Waals surface area contributed by atoms with Gasteiger partial charge in [-0.2, -0.15) is 0 Å². The molecule has 0 aliphatic carbocycles. The molecule has 0 aliphatic rings. The van der Waals surface area contributed by atoms with Crippen molar-refractivity contribution in [3.8, 4) is 0 Å². The second-order valence-electron chi connectivity index (χ2n) is 4.55. The van der Waals surface area contributed by atoms with Gasteiger partial charge < -0.3 is 15.4 Å². The molecule has 0 radical (unpaired) electrons. The van der Waals surface area contributed by atoms with Gasteiger partial charge in [0.05, 0.1) is 6.61 Å². The Kier molecular flexibility index (Phi) is 6.23. The number of benzene rings is 1. The molecule has 0 unspecified atom stereocenters. The molecular formula is C14H19ClN2O2S. The van der Waals surface area contributed by atoms with Crippen molar-refractivity contribution in [2.75, 3.05) is 18.1 Å². The van der Waals surface area contributed by atoms with Crippen molar-refractivity contribution >= 4 is 40.5 Å². The summed E-state index contributed by atoms with van der Waals surface area (Å²) in [6.07, 6.45) is 0. The molecule has 1 aromatic carbocycles. The zero-order chi connectivity index (χ0) is 15.3. The number of rotatable bonds is 6. The molecular weight excluding hydrogens is 296 g/mol. The number of thiocarbonyl (C=S) groups is 1. The van der Waals surface area contributed by atoms with Gasteiger partial charge >= 0.3 is 5.97 Å². The number of hydrogen-bond acceptors (Lipinski definition) is 4. The number of halogens is 1.